The van der Waals surface area contributed by atoms with Gasteiger partial charge in [0.25, 0.3) is 5.91 Å². The van der Waals surface area contributed by atoms with Crippen LogP contribution in [0.5, 0.6) is 5.75 Å². The highest BCUT2D eigenvalue weighted by atomic mass is 35.5. The van der Waals surface area contributed by atoms with Crippen LogP contribution >= 0.6 is 11.6 Å². The zero-order chi connectivity index (χ0) is 17.2. The number of ether oxygens (including phenoxy) is 1. The van der Waals surface area contributed by atoms with Crippen LogP contribution in [0.1, 0.15) is 17.5 Å². The lowest BCUT2D eigenvalue weighted by atomic mass is 10.1. The molecule has 2 aromatic rings. The average Bonchev–Trinajstić information content (AvgIpc) is 3.22. The quantitative estimate of drug-likeness (QED) is 0.915. The molecule has 2 aliphatic rings. The number of amides is 1. The summed E-state index contributed by atoms with van der Waals surface area (Å²) >= 11 is 6.01. The van der Waals surface area contributed by atoms with Crippen molar-refractivity contribution in [3.63, 3.8) is 0 Å². The Morgan fingerprint density at radius 2 is 2.08 bits per heavy atom. The second kappa shape index (κ2) is 7.06. The van der Waals surface area contributed by atoms with E-state index < -0.39 is 6.10 Å². The van der Waals surface area contributed by atoms with Crippen molar-refractivity contribution in [3.8, 4) is 5.75 Å². The molecule has 1 fully saturated rings. The third kappa shape index (κ3) is 3.80. The van der Waals surface area contributed by atoms with Gasteiger partial charge in [-0.25, -0.2) is 0 Å². The van der Waals surface area contributed by atoms with Gasteiger partial charge in [0.2, 0.25) is 0 Å². The molecule has 4 rings (SSSR count). The van der Waals surface area contributed by atoms with Crippen molar-refractivity contribution in [2.24, 2.45) is 0 Å². The fourth-order valence-electron chi connectivity index (χ4n) is 3.59. The van der Waals surface area contributed by atoms with E-state index in [0.29, 0.717) is 11.4 Å². The number of hydrogen-bond acceptors (Lipinski definition) is 3. The van der Waals surface area contributed by atoms with Gasteiger partial charge in [0.05, 0.1) is 0 Å². The van der Waals surface area contributed by atoms with Gasteiger partial charge < -0.3 is 10.1 Å². The first-order chi connectivity index (χ1) is 12.2. The zero-order valence-electron chi connectivity index (χ0n) is 14.0. The highest BCUT2D eigenvalue weighted by molar-refractivity contribution is 6.30. The molecule has 1 N–H and O–H groups in total. The van der Waals surface area contributed by atoms with Gasteiger partial charge in [-0.2, -0.15) is 0 Å². The van der Waals surface area contributed by atoms with Crippen LogP contribution < -0.4 is 10.1 Å². The number of fused-ring (bicyclic) bond motifs is 1. The molecular weight excluding hydrogens is 336 g/mol. The number of rotatable bonds is 4. The summed E-state index contributed by atoms with van der Waals surface area (Å²) in [5.41, 5.74) is 2.31. The molecule has 130 valence electrons. The number of nitrogens with one attached hydrogen (secondary N) is 1. The highest BCUT2D eigenvalue weighted by Gasteiger charge is 2.32. The van der Waals surface area contributed by atoms with E-state index in [9.17, 15) is 4.79 Å². The van der Waals surface area contributed by atoms with Crippen molar-refractivity contribution in [2.75, 3.05) is 13.1 Å². The number of nitrogens with zero attached hydrogens (tertiary/aromatic N) is 1. The summed E-state index contributed by atoms with van der Waals surface area (Å²) < 4.78 is 5.77. The van der Waals surface area contributed by atoms with Crippen molar-refractivity contribution >= 4 is 17.5 Å². The minimum Gasteiger partial charge on any atom is -0.480 e. The smallest absolute Gasteiger partial charge is 0.261 e. The Hall–Kier alpha value is -2.04. The molecule has 4 nitrogen and oxygen atoms in total. The Labute approximate surface area is 152 Å². The molecule has 5 heteroatoms. The molecule has 0 radical (unpaired) electrons. The monoisotopic (exact) mass is 356 g/mol. The van der Waals surface area contributed by atoms with Crippen LogP contribution in [0.4, 0.5) is 0 Å². The van der Waals surface area contributed by atoms with E-state index in [0.717, 1.165) is 37.4 Å². The Bertz CT molecular complexity index is 766. The van der Waals surface area contributed by atoms with Crippen LogP contribution in [-0.4, -0.2) is 36.0 Å². The van der Waals surface area contributed by atoms with Gasteiger partial charge in [0.1, 0.15) is 5.75 Å². The molecular formula is C20H21ClN2O2. The van der Waals surface area contributed by atoms with Crippen molar-refractivity contribution in [1.82, 2.24) is 10.2 Å². The van der Waals surface area contributed by atoms with E-state index in [2.05, 4.69) is 34.5 Å². The van der Waals surface area contributed by atoms with Gasteiger partial charge in [-0.3, -0.25) is 9.69 Å². The van der Waals surface area contributed by atoms with Crippen LogP contribution in [0.15, 0.2) is 48.5 Å². The minimum absolute atomic E-state index is 0.0288. The molecule has 0 spiro atoms. The second-order valence-corrected chi connectivity index (χ2v) is 7.21. The van der Waals surface area contributed by atoms with E-state index in [-0.39, 0.29) is 11.9 Å². The van der Waals surface area contributed by atoms with Crippen LogP contribution in [0.25, 0.3) is 0 Å². The molecule has 0 bridgehead atoms. The van der Waals surface area contributed by atoms with Crippen LogP contribution in [-0.2, 0) is 17.8 Å². The lowest BCUT2D eigenvalue weighted by molar-refractivity contribution is -0.127. The van der Waals surface area contributed by atoms with Gasteiger partial charge in [0, 0.05) is 37.1 Å². The number of likely N-dealkylation sites (tertiary alicyclic amines) is 1. The normalized spacial score (nSPS) is 22.4. The third-order valence-electron chi connectivity index (χ3n) is 4.86. The fourth-order valence-corrected chi connectivity index (χ4v) is 3.79. The Kier molecular flexibility index (Phi) is 4.64. The lowest BCUT2D eigenvalue weighted by Crippen LogP contribution is -2.44. The maximum Gasteiger partial charge on any atom is 0.261 e. The van der Waals surface area contributed by atoms with Gasteiger partial charge in [0.15, 0.2) is 6.10 Å². The topological polar surface area (TPSA) is 41.6 Å². The number of carbonyl (C=O) groups is 1. The molecule has 25 heavy (non-hydrogen) atoms. The molecule has 0 aromatic heterocycles. The standard InChI is InChI=1S/C20H21ClN2O2/c21-16-6-7-18-15(10-16)11-19(25-18)20(24)22-17-8-9-23(13-17)12-14-4-2-1-3-5-14/h1-7,10,17,19H,8-9,11-13H2,(H,22,24). The Morgan fingerprint density at radius 1 is 1.24 bits per heavy atom. The predicted octanol–water partition coefficient (Wildman–Crippen LogP) is 3.03. The van der Waals surface area contributed by atoms with E-state index >= 15 is 0 Å². The predicted molar refractivity (Wildman–Crippen MR) is 97.8 cm³/mol. The molecule has 0 saturated carbocycles. The first-order valence-corrected chi connectivity index (χ1v) is 9.07. The first-order valence-electron chi connectivity index (χ1n) is 8.69. The fraction of sp³-hybridized carbons (Fsp3) is 0.350. The van der Waals surface area contributed by atoms with Crippen molar-refractivity contribution in [3.05, 3.63) is 64.7 Å². The van der Waals surface area contributed by atoms with Crippen LogP contribution in [0.3, 0.4) is 0 Å². The summed E-state index contributed by atoms with van der Waals surface area (Å²) in [4.78, 5) is 14.9. The summed E-state index contributed by atoms with van der Waals surface area (Å²) in [7, 11) is 0. The van der Waals surface area contributed by atoms with Crippen molar-refractivity contribution in [1.29, 1.82) is 0 Å². The van der Waals surface area contributed by atoms with Gasteiger partial charge in [-0.05, 0) is 35.7 Å². The number of carbonyl (C=O) groups excluding carboxylic acids is 1. The molecule has 1 amide bonds. The second-order valence-electron chi connectivity index (χ2n) is 6.78. The van der Waals surface area contributed by atoms with E-state index in [1.165, 1.54) is 5.56 Å². The maximum atomic E-state index is 12.5. The summed E-state index contributed by atoms with van der Waals surface area (Å²) in [5, 5.41) is 3.82. The SMILES string of the molecule is O=C(NC1CCN(Cc2ccccc2)C1)C1Cc2cc(Cl)ccc2O1. The summed E-state index contributed by atoms with van der Waals surface area (Å²) in [6, 6.07) is 16.1. The molecule has 2 aliphatic heterocycles. The largest absolute Gasteiger partial charge is 0.480 e. The minimum atomic E-state index is -0.448. The zero-order valence-corrected chi connectivity index (χ0v) is 14.7. The number of hydrogen-bond donors (Lipinski definition) is 1. The molecule has 2 heterocycles. The lowest BCUT2D eigenvalue weighted by Gasteiger charge is -2.18. The van der Waals surface area contributed by atoms with E-state index in [1.807, 2.05) is 18.2 Å². The van der Waals surface area contributed by atoms with Gasteiger partial charge in [-0.15, -0.1) is 0 Å². The van der Waals surface area contributed by atoms with Gasteiger partial charge in [-0.1, -0.05) is 41.9 Å². The van der Waals surface area contributed by atoms with Gasteiger partial charge >= 0.3 is 0 Å². The highest BCUT2D eigenvalue weighted by Crippen LogP contribution is 2.31. The van der Waals surface area contributed by atoms with E-state index in [1.54, 1.807) is 6.07 Å². The average molecular weight is 357 g/mol. The van der Waals surface area contributed by atoms with Crippen LogP contribution in [0.2, 0.25) is 5.02 Å². The molecule has 2 aromatic carbocycles. The molecule has 2 unspecified atom stereocenters. The Morgan fingerprint density at radius 3 is 2.92 bits per heavy atom. The molecule has 0 aliphatic carbocycles. The maximum absolute atomic E-state index is 12.5. The number of halogens is 1. The summed E-state index contributed by atoms with van der Waals surface area (Å²) in [6.07, 6.45) is 1.11. The summed E-state index contributed by atoms with van der Waals surface area (Å²) in [6.45, 7) is 2.81. The molecule has 2 atom stereocenters. The van der Waals surface area contributed by atoms with Crippen molar-refractivity contribution in [2.45, 2.75) is 31.5 Å². The first kappa shape index (κ1) is 16.4. The van der Waals surface area contributed by atoms with E-state index in [4.69, 9.17) is 16.3 Å². The third-order valence-corrected chi connectivity index (χ3v) is 5.09. The molecule has 1 saturated heterocycles. The van der Waals surface area contributed by atoms with Crippen LogP contribution in [0, 0.1) is 0 Å². The summed E-state index contributed by atoms with van der Waals surface area (Å²) in [5.74, 6) is 0.737. The Balaban J connectivity index is 1.29. The number of benzene rings is 2. The van der Waals surface area contributed by atoms with Crippen molar-refractivity contribution < 1.29 is 9.53 Å².